The Morgan fingerprint density at radius 1 is 1.61 bits per heavy atom. The predicted octanol–water partition coefficient (Wildman–Crippen LogP) is 3.14. The van der Waals surface area contributed by atoms with Gasteiger partial charge < -0.3 is 9.64 Å². The summed E-state index contributed by atoms with van der Waals surface area (Å²) < 4.78 is 29.2. The minimum absolute atomic E-state index is 0.0294. The molecule has 0 N–H and O–H groups in total. The van der Waals surface area contributed by atoms with Gasteiger partial charge in [-0.05, 0) is 22.0 Å². The van der Waals surface area contributed by atoms with Crippen molar-refractivity contribution < 1.29 is 18.3 Å². The number of ether oxygens (including phenoxy) is 1. The van der Waals surface area contributed by atoms with Gasteiger partial charge in [-0.2, -0.15) is 0 Å². The molecule has 0 radical (unpaired) electrons. The molecule has 0 fully saturated rings. The zero-order chi connectivity index (χ0) is 13.5. The molecule has 0 saturated heterocycles. The minimum Gasteiger partial charge on any atom is -0.375 e. The van der Waals surface area contributed by atoms with Gasteiger partial charge in [0.1, 0.15) is 6.61 Å². The van der Waals surface area contributed by atoms with E-state index in [4.69, 9.17) is 0 Å². The fourth-order valence-corrected chi connectivity index (χ4v) is 2.78. The van der Waals surface area contributed by atoms with E-state index in [1.165, 1.54) is 0 Å². The number of carbonyl (C=O) groups excluding carboxylic acids is 1. The van der Waals surface area contributed by atoms with E-state index in [1.807, 2.05) is 11.4 Å². The maximum absolute atomic E-state index is 11.8. The van der Waals surface area contributed by atoms with E-state index in [2.05, 4.69) is 20.7 Å². The van der Waals surface area contributed by atoms with Gasteiger partial charge in [-0.3, -0.25) is 4.79 Å². The SMILES string of the molecule is CN(Cc1cc(Br)cs1)C(=O)CCOCC(F)F. The van der Waals surface area contributed by atoms with Crippen molar-refractivity contribution in [2.24, 2.45) is 0 Å². The highest BCUT2D eigenvalue weighted by Crippen LogP contribution is 2.20. The van der Waals surface area contributed by atoms with E-state index >= 15 is 0 Å². The maximum Gasteiger partial charge on any atom is 0.261 e. The molecule has 1 aromatic heterocycles. The van der Waals surface area contributed by atoms with Crippen LogP contribution in [0.25, 0.3) is 0 Å². The van der Waals surface area contributed by atoms with E-state index in [0.717, 1.165) is 9.35 Å². The lowest BCUT2D eigenvalue weighted by atomic mass is 10.3. The summed E-state index contributed by atoms with van der Waals surface area (Å²) in [7, 11) is 1.68. The van der Waals surface area contributed by atoms with Crippen molar-refractivity contribution in [3.05, 3.63) is 20.8 Å². The first kappa shape index (κ1) is 15.5. The number of rotatable bonds is 7. The number of amides is 1. The van der Waals surface area contributed by atoms with Gasteiger partial charge in [-0.15, -0.1) is 11.3 Å². The van der Waals surface area contributed by atoms with E-state index in [1.54, 1.807) is 23.3 Å². The smallest absolute Gasteiger partial charge is 0.261 e. The van der Waals surface area contributed by atoms with Crippen LogP contribution in [-0.2, 0) is 16.1 Å². The van der Waals surface area contributed by atoms with Crippen LogP contribution in [0.1, 0.15) is 11.3 Å². The highest BCUT2D eigenvalue weighted by Gasteiger charge is 2.11. The summed E-state index contributed by atoms with van der Waals surface area (Å²) in [5, 5.41) is 1.94. The van der Waals surface area contributed by atoms with Crippen LogP contribution in [0.5, 0.6) is 0 Å². The molecule has 1 amide bonds. The number of thiophene rings is 1. The molecule has 1 heterocycles. The van der Waals surface area contributed by atoms with Crippen LogP contribution in [0.15, 0.2) is 15.9 Å². The average molecular weight is 342 g/mol. The molecular formula is C11H14BrF2NO2S. The van der Waals surface area contributed by atoms with Crippen LogP contribution in [0.4, 0.5) is 8.78 Å². The number of hydrogen-bond acceptors (Lipinski definition) is 3. The second-order valence-corrected chi connectivity index (χ2v) is 5.61. The standard InChI is InChI=1S/C11H14BrF2NO2S/c1-15(5-9-4-8(12)7-18-9)11(16)2-3-17-6-10(13)14/h4,7,10H,2-3,5-6H2,1H3. The first-order valence-corrected chi connectivity index (χ1v) is 6.99. The lowest BCUT2D eigenvalue weighted by Crippen LogP contribution is -2.27. The Bertz CT molecular complexity index is 387. The molecule has 102 valence electrons. The summed E-state index contributed by atoms with van der Waals surface area (Å²) in [6.45, 7) is -0.0690. The van der Waals surface area contributed by atoms with Crippen LogP contribution in [0, 0.1) is 0 Å². The first-order valence-electron chi connectivity index (χ1n) is 5.32. The Kier molecular flexibility index (Phi) is 6.73. The molecule has 1 rings (SSSR count). The van der Waals surface area contributed by atoms with Crippen LogP contribution >= 0.6 is 27.3 Å². The molecule has 0 saturated carbocycles. The molecule has 0 aromatic carbocycles. The van der Waals surface area contributed by atoms with Gasteiger partial charge in [0.15, 0.2) is 0 Å². The fourth-order valence-electron chi connectivity index (χ4n) is 1.28. The largest absolute Gasteiger partial charge is 0.375 e. The zero-order valence-corrected chi connectivity index (χ0v) is 12.3. The minimum atomic E-state index is -2.48. The molecule has 0 atom stereocenters. The van der Waals surface area contributed by atoms with Gasteiger partial charge in [0.25, 0.3) is 6.43 Å². The van der Waals surface area contributed by atoms with Crippen molar-refractivity contribution in [1.29, 1.82) is 0 Å². The lowest BCUT2D eigenvalue weighted by molar-refractivity contribution is -0.131. The number of nitrogens with zero attached hydrogens (tertiary/aromatic N) is 1. The molecule has 0 aliphatic rings. The quantitative estimate of drug-likeness (QED) is 0.713. The monoisotopic (exact) mass is 341 g/mol. The number of halogens is 3. The summed E-state index contributed by atoms with van der Waals surface area (Å²) in [6.07, 6.45) is -2.36. The number of alkyl halides is 2. The van der Waals surface area contributed by atoms with Gasteiger partial charge >= 0.3 is 0 Å². The second-order valence-electron chi connectivity index (χ2n) is 3.70. The summed E-state index contributed by atoms with van der Waals surface area (Å²) in [4.78, 5) is 14.3. The third-order valence-corrected chi connectivity index (χ3v) is 3.83. The summed E-state index contributed by atoms with van der Waals surface area (Å²) in [5.74, 6) is -0.117. The van der Waals surface area contributed by atoms with Crippen LogP contribution in [0.3, 0.4) is 0 Å². The predicted molar refractivity (Wildman–Crippen MR) is 69.9 cm³/mol. The van der Waals surface area contributed by atoms with Crippen molar-refractivity contribution in [3.8, 4) is 0 Å². The topological polar surface area (TPSA) is 29.5 Å². The van der Waals surface area contributed by atoms with E-state index in [9.17, 15) is 13.6 Å². The van der Waals surface area contributed by atoms with Crippen LogP contribution in [-0.4, -0.2) is 37.5 Å². The Hall–Kier alpha value is -0.530. The molecule has 1 aromatic rings. The molecule has 0 aliphatic carbocycles. The summed E-state index contributed by atoms with van der Waals surface area (Å²) >= 11 is 4.90. The Balaban J connectivity index is 2.24. The Morgan fingerprint density at radius 2 is 2.33 bits per heavy atom. The Labute approximate surface area is 117 Å². The molecular weight excluding hydrogens is 328 g/mol. The third kappa shape index (κ3) is 5.88. The van der Waals surface area contributed by atoms with Gasteiger partial charge in [-0.1, -0.05) is 0 Å². The molecule has 0 spiro atoms. The summed E-state index contributed by atoms with van der Waals surface area (Å²) in [5.41, 5.74) is 0. The van der Waals surface area contributed by atoms with E-state index in [0.29, 0.717) is 6.54 Å². The average Bonchev–Trinajstić information content (AvgIpc) is 2.69. The van der Waals surface area contributed by atoms with Crippen LogP contribution < -0.4 is 0 Å². The first-order chi connectivity index (χ1) is 8.49. The van der Waals surface area contributed by atoms with Gasteiger partial charge in [0.05, 0.1) is 19.6 Å². The van der Waals surface area contributed by atoms with Crippen molar-refractivity contribution in [3.63, 3.8) is 0 Å². The maximum atomic E-state index is 11.8. The molecule has 7 heteroatoms. The molecule has 0 unspecified atom stereocenters. The van der Waals surface area contributed by atoms with Crippen molar-refractivity contribution in [2.75, 3.05) is 20.3 Å². The van der Waals surface area contributed by atoms with Gasteiger partial charge in [0.2, 0.25) is 5.91 Å². The number of carbonyl (C=O) groups is 1. The third-order valence-electron chi connectivity index (χ3n) is 2.14. The van der Waals surface area contributed by atoms with E-state index < -0.39 is 13.0 Å². The number of hydrogen-bond donors (Lipinski definition) is 0. The molecule has 0 bridgehead atoms. The molecule has 18 heavy (non-hydrogen) atoms. The normalized spacial score (nSPS) is 10.9. The van der Waals surface area contributed by atoms with Crippen molar-refractivity contribution in [1.82, 2.24) is 4.90 Å². The lowest BCUT2D eigenvalue weighted by Gasteiger charge is -2.16. The van der Waals surface area contributed by atoms with E-state index in [-0.39, 0.29) is 18.9 Å². The van der Waals surface area contributed by atoms with Crippen molar-refractivity contribution >= 4 is 33.2 Å². The highest BCUT2D eigenvalue weighted by molar-refractivity contribution is 9.10. The second kappa shape index (κ2) is 7.81. The summed E-state index contributed by atoms with van der Waals surface area (Å²) in [6, 6.07) is 1.95. The molecule has 0 aliphatic heterocycles. The molecule has 3 nitrogen and oxygen atoms in total. The highest BCUT2D eigenvalue weighted by atomic mass is 79.9. The van der Waals surface area contributed by atoms with Gasteiger partial charge in [0, 0.05) is 21.8 Å². The fraction of sp³-hybridized carbons (Fsp3) is 0.545. The van der Waals surface area contributed by atoms with Crippen LogP contribution in [0.2, 0.25) is 0 Å². The van der Waals surface area contributed by atoms with Gasteiger partial charge in [-0.25, -0.2) is 8.78 Å². The zero-order valence-electron chi connectivity index (χ0n) is 9.87. The van der Waals surface area contributed by atoms with Crippen molar-refractivity contribution in [2.45, 2.75) is 19.4 Å². The Morgan fingerprint density at radius 3 is 2.89 bits per heavy atom.